The van der Waals surface area contributed by atoms with E-state index in [9.17, 15) is 14.4 Å². The molecule has 6 nitrogen and oxygen atoms in total. The molecule has 3 N–H and O–H groups in total. The minimum atomic E-state index is -1.86. The lowest BCUT2D eigenvalue weighted by molar-refractivity contribution is -0.137. The van der Waals surface area contributed by atoms with Crippen molar-refractivity contribution in [3.05, 3.63) is 0 Å². The van der Waals surface area contributed by atoms with Crippen LogP contribution in [-0.2, 0) is 14.4 Å². The number of carboxylic acids is 3. The van der Waals surface area contributed by atoms with E-state index in [-0.39, 0.29) is 19.3 Å². The number of carbonyl (C=O) groups is 3. The second kappa shape index (κ2) is 7.57. The summed E-state index contributed by atoms with van der Waals surface area (Å²) in [6.45, 7) is -1.86. The zero-order valence-electron chi connectivity index (χ0n) is 9.33. The molecule has 0 aromatic heterocycles. The summed E-state index contributed by atoms with van der Waals surface area (Å²) in [6.07, 6.45) is 0.970. The van der Waals surface area contributed by atoms with Gasteiger partial charge in [-0.1, -0.05) is 0 Å². The zero-order valence-corrected chi connectivity index (χ0v) is 11.4. The van der Waals surface area contributed by atoms with Crippen molar-refractivity contribution in [1.29, 1.82) is 0 Å². The zero-order chi connectivity index (χ0) is 13.5. The van der Waals surface area contributed by atoms with Crippen LogP contribution in [0.1, 0.15) is 19.3 Å². The molecule has 0 fully saturated rings. The van der Waals surface area contributed by atoms with Crippen molar-refractivity contribution in [2.75, 3.05) is 18.5 Å². The number of carboxylic acid groups (broad SMARTS) is 3. The molecular formula is C9H17O6P2+. The topological polar surface area (TPSA) is 112 Å². The van der Waals surface area contributed by atoms with Crippen LogP contribution in [-0.4, -0.2) is 51.7 Å². The van der Waals surface area contributed by atoms with Crippen LogP contribution in [0.3, 0.4) is 0 Å². The lowest BCUT2D eigenvalue weighted by Crippen LogP contribution is -2.11. The molecule has 0 aromatic carbocycles. The van der Waals surface area contributed by atoms with Crippen LogP contribution >= 0.6 is 15.9 Å². The monoisotopic (exact) mass is 283 g/mol. The fourth-order valence-corrected chi connectivity index (χ4v) is 5.03. The van der Waals surface area contributed by atoms with Gasteiger partial charge >= 0.3 is 17.9 Å². The van der Waals surface area contributed by atoms with Gasteiger partial charge in [0.25, 0.3) is 0 Å². The number of aliphatic carboxylic acids is 3. The summed E-state index contributed by atoms with van der Waals surface area (Å²) in [5, 5.41) is 25.8. The van der Waals surface area contributed by atoms with E-state index in [0.29, 0.717) is 18.5 Å². The molecule has 0 saturated carbocycles. The van der Waals surface area contributed by atoms with E-state index in [0.717, 1.165) is 0 Å². The molecular weight excluding hydrogens is 266 g/mol. The summed E-state index contributed by atoms with van der Waals surface area (Å²) >= 11 is 0. The molecule has 8 heteroatoms. The average molecular weight is 283 g/mol. The molecule has 0 aromatic rings. The molecule has 1 unspecified atom stereocenters. The van der Waals surface area contributed by atoms with Gasteiger partial charge < -0.3 is 15.3 Å². The Morgan fingerprint density at radius 2 is 1.00 bits per heavy atom. The average Bonchev–Trinajstić information content (AvgIpc) is 2.21. The van der Waals surface area contributed by atoms with Gasteiger partial charge in [-0.2, -0.15) is 0 Å². The maximum absolute atomic E-state index is 10.5. The van der Waals surface area contributed by atoms with Gasteiger partial charge in [0, 0.05) is 15.9 Å². The highest BCUT2D eigenvalue weighted by atomic mass is 32.1. The molecule has 0 aliphatic rings. The predicted octanol–water partition coefficient (Wildman–Crippen LogP) is 1.22. The smallest absolute Gasteiger partial charge is 0.307 e. The molecule has 0 saturated heterocycles. The lowest BCUT2D eigenvalue weighted by atomic mass is 10.5. The Bertz CT molecular complexity index is 258. The Hall–Kier alpha value is -0.730. The number of hydrogen-bond donors (Lipinski definition) is 3. The summed E-state index contributed by atoms with van der Waals surface area (Å²) < 4.78 is 0. The van der Waals surface area contributed by atoms with Gasteiger partial charge in [-0.25, -0.2) is 0 Å². The molecule has 0 rings (SSSR count). The Morgan fingerprint density at radius 1 is 0.765 bits per heavy atom. The van der Waals surface area contributed by atoms with E-state index in [4.69, 9.17) is 15.3 Å². The minimum absolute atomic E-state index is 0.0451. The fraction of sp³-hybridized carbons (Fsp3) is 0.667. The van der Waals surface area contributed by atoms with Crippen molar-refractivity contribution >= 4 is 33.8 Å². The standard InChI is InChI=1S/C9H16O6P2/c10-7(11)1-4-17(16,5-2-8(12)13)6-3-9(14)15/h1-6,16H2,(H2-,10,11,12,13,14,15)/p+1. The van der Waals surface area contributed by atoms with Crippen LogP contribution in [0.25, 0.3) is 0 Å². The Kier molecular flexibility index (Phi) is 7.24. The molecule has 0 aliphatic heterocycles. The molecule has 98 valence electrons. The molecule has 0 radical (unpaired) electrons. The molecule has 0 aliphatic carbocycles. The summed E-state index contributed by atoms with van der Waals surface area (Å²) in [7, 11) is 2.53. The molecule has 0 amide bonds. The quantitative estimate of drug-likeness (QED) is 0.548. The van der Waals surface area contributed by atoms with Crippen molar-refractivity contribution < 1.29 is 29.7 Å². The van der Waals surface area contributed by atoms with Crippen molar-refractivity contribution in [3.63, 3.8) is 0 Å². The van der Waals surface area contributed by atoms with Gasteiger partial charge in [0.05, 0.1) is 37.7 Å². The van der Waals surface area contributed by atoms with Crippen molar-refractivity contribution in [2.45, 2.75) is 19.3 Å². The van der Waals surface area contributed by atoms with E-state index in [1.165, 1.54) is 0 Å². The second-order valence-electron chi connectivity index (χ2n) is 3.82. The lowest BCUT2D eigenvalue weighted by Gasteiger charge is -2.20. The third kappa shape index (κ3) is 9.02. The van der Waals surface area contributed by atoms with Gasteiger partial charge in [0.15, 0.2) is 0 Å². The van der Waals surface area contributed by atoms with Crippen LogP contribution in [0, 0.1) is 0 Å². The highest BCUT2D eigenvalue weighted by molar-refractivity contribution is 8.24. The Labute approximate surface area is 102 Å². The van der Waals surface area contributed by atoms with Crippen molar-refractivity contribution in [2.24, 2.45) is 0 Å². The third-order valence-corrected chi connectivity index (χ3v) is 7.98. The predicted molar refractivity (Wildman–Crippen MR) is 68.0 cm³/mol. The Morgan fingerprint density at radius 3 is 1.18 bits per heavy atom. The first-order chi connectivity index (χ1) is 7.75. The van der Waals surface area contributed by atoms with Gasteiger partial charge in [0.2, 0.25) is 0 Å². The minimum Gasteiger partial charge on any atom is -0.481 e. The van der Waals surface area contributed by atoms with Crippen LogP contribution in [0.4, 0.5) is 0 Å². The maximum Gasteiger partial charge on any atom is 0.307 e. The summed E-state index contributed by atoms with van der Waals surface area (Å²) in [5.74, 6) is -2.83. The van der Waals surface area contributed by atoms with E-state index in [1.807, 2.05) is 0 Å². The van der Waals surface area contributed by atoms with Gasteiger partial charge in [-0.15, -0.1) is 0 Å². The summed E-state index contributed by atoms with van der Waals surface area (Å²) in [4.78, 5) is 31.5. The normalized spacial score (nSPS) is 11.1. The number of hydrogen-bond acceptors (Lipinski definition) is 3. The molecule has 1 atom stereocenters. The highest BCUT2D eigenvalue weighted by Crippen LogP contribution is 2.67. The van der Waals surface area contributed by atoms with E-state index >= 15 is 0 Å². The fourth-order valence-electron chi connectivity index (χ4n) is 1.29. The molecule has 0 heterocycles. The molecule has 0 bridgehead atoms. The van der Waals surface area contributed by atoms with Gasteiger partial charge in [-0.3, -0.25) is 14.4 Å². The van der Waals surface area contributed by atoms with Crippen LogP contribution < -0.4 is 0 Å². The second-order valence-corrected chi connectivity index (χ2v) is 10.9. The van der Waals surface area contributed by atoms with Gasteiger partial charge in [0.1, 0.15) is 0 Å². The summed E-state index contributed by atoms with van der Waals surface area (Å²) in [6, 6.07) is 0. The molecule has 0 spiro atoms. The first kappa shape index (κ1) is 16.3. The maximum atomic E-state index is 10.5. The SMILES string of the molecule is O=C(O)CC[P+](P)(CCC(=O)O)CCC(=O)O. The largest absolute Gasteiger partial charge is 0.481 e. The van der Waals surface area contributed by atoms with E-state index < -0.39 is 24.9 Å². The Balaban J connectivity index is 4.37. The highest BCUT2D eigenvalue weighted by Gasteiger charge is 2.33. The molecule has 17 heavy (non-hydrogen) atoms. The van der Waals surface area contributed by atoms with E-state index in [2.05, 4.69) is 8.93 Å². The van der Waals surface area contributed by atoms with Crippen LogP contribution in [0.5, 0.6) is 0 Å². The third-order valence-electron chi connectivity index (χ3n) is 2.31. The first-order valence-electron chi connectivity index (χ1n) is 5.05. The number of rotatable bonds is 9. The van der Waals surface area contributed by atoms with Crippen molar-refractivity contribution in [3.8, 4) is 0 Å². The first-order valence-corrected chi connectivity index (χ1v) is 9.01. The van der Waals surface area contributed by atoms with E-state index in [1.54, 1.807) is 0 Å². The van der Waals surface area contributed by atoms with Crippen LogP contribution in [0.15, 0.2) is 0 Å². The van der Waals surface area contributed by atoms with Crippen molar-refractivity contribution in [1.82, 2.24) is 0 Å². The van der Waals surface area contributed by atoms with Gasteiger partial charge in [-0.05, 0) is 0 Å². The van der Waals surface area contributed by atoms with Crippen LogP contribution in [0.2, 0.25) is 0 Å². The summed E-state index contributed by atoms with van der Waals surface area (Å²) in [5.41, 5.74) is 0.